The van der Waals surface area contributed by atoms with E-state index in [0.29, 0.717) is 5.82 Å². The van der Waals surface area contributed by atoms with Gasteiger partial charge in [-0.05, 0) is 27.9 Å². The highest BCUT2D eigenvalue weighted by Crippen LogP contribution is 2.24. The van der Waals surface area contributed by atoms with E-state index >= 15 is 0 Å². The van der Waals surface area contributed by atoms with Gasteiger partial charge in [0.05, 0.1) is 0 Å². The fourth-order valence-corrected chi connectivity index (χ4v) is 1.73. The highest BCUT2D eigenvalue weighted by atomic mass is 79.9. The second kappa shape index (κ2) is 4.49. The number of nitrogen functional groups attached to an aromatic ring is 1. The summed E-state index contributed by atoms with van der Waals surface area (Å²) in [5.41, 5.74) is 6.84. The monoisotopic (exact) mass is 266 g/mol. The van der Waals surface area contributed by atoms with Crippen molar-refractivity contribution in [1.82, 2.24) is 5.16 Å². The number of aromatic nitrogens is 1. The zero-order valence-electron chi connectivity index (χ0n) is 8.11. The second-order valence-corrected chi connectivity index (χ2v) is 4.08. The van der Waals surface area contributed by atoms with E-state index in [1.807, 2.05) is 18.2 Å². The van der Waals surface area contributed by atoms with Crippen LogP contribution in [0, 0.1) is 0 Å². The molecule has 2 rings (SSSR count). The Morgan fingerprint density at radius 3 is 2.53 bits per heavy atom. The van der Waals surface area contributed by atoms with E-state index in [1.54, 1.807) is 0 Å². The fraction of sp³-hybridized carbons (Fsp3) is 0.182. The van der Waals surface area contributed by atoms with Gasteiger partial charge in [-0.25, -0.2) is 0 Å². The Hall–Kier alpha value is -1.29. The van der Waals surface area contributed by atoms with Crippen LogP contribution in [0.3, 0.4) is 0 Å². The van der Waals surface area contributed by atoms with Gasteiger partial charge >= 0.3 is 0 Å². The molecule has 4 heteroatoms. The molecule has 15 heavy (non-hydrogen) atoms. The van der Waals surface area contributed by atoms with Crippen LogP contribution >= 0.6 is 15.9 Å². The Morgan fingerprint density at radius 1 is 1.20 bits per heavy atom. The average Bonchev–Trinajstić information content (AvgIpc) is 2.59. The molecule has 1 heterocycles. The number of benzene rings is 1. The summed E-state index contributed by atoms with van der Waals surface area (Å²) in [5.74, 6) is 1.22. The Morgan fingerprint density at radius 2 is 1.93 bits per heavy atom. The Balaban J connectivity index is 2.02. The number of anilines is 1. The van der Waals surface area contributed by atoms with Gasteiger partial charge in [0.15, 0.2) is 11.6 Å². The molecule has 0 bridgehead atoms. The fourth-order valence-electron chi connectivity index (χ4n) is 1.39. The number of nitrogens with zero attached hydrogens (tertiary/aromatic N) is 1. The number of hydrogen-bond acceptors (Lipinski definition) is 3. The van der Waals surface area contributed by atoms with Crippen molar-refractivity contribution in [3.8, 4) is 0 Å². The van der Waals surface area contributed by atoms with E-state index in [-0.39, 0.29) is 0 Å². The zero-order valence-corrected chi connectivity index (χ0v) is 9.70. The second-order valence-electron chi connectivity index (χ2n) is 3.29. The summed E-state index contributed by atoms with van der Waals surface area (Å²) in [7, 11) is 0. The third-order valence-electron chi connectivity index (χ3n) is 2.21. The number of halogens is 1. The highest BCUT2D eigenvalue weighted by Gasteiger charge is 2.10. The molecule has 1 aromatic heterocycles. The summed E-state index contributed by atoms with van der Waals surface area (Å²) < 4.78 is 5.87. The average molecular weight is 267 g/mol. The molecule has 0 aliphatic heterocycles. The molecule has 0 radical (unpaired) electrons. The number of aryl methyl sites for hydroxylation is 2. The Labute approximate surface area is 96.4 Å². The summed E-state index contributed by atoms with van der Waals surface area (Å²) in [6, 6.07) is 10.2. The zero-order chi connectivity index (χ0) is 10.7. The van der Waals surface area contributed by atoms with E-state index in [2.05, 4.69) is 33.2 Å². The van der Waals surface area contributed by atoms with Gasteiger partial charge in [-0.2, -0.15) is 0 Å². The van der Waals surface area contributed by atoms with Crippen LogP contribution in [-0.4, -0.2) is 5.16 Å². The quantitative estimate of drug-likeness (QED) is 0.930. The van der Waals surface area contributed by atoms with E-state index in [1.165, 1.54) is 5.56 Å². The van der Waals surface area contributed by atoms with Gasteiger partial charge in [0, 0.05) is 6.42 Å². The molecule has 0 aliphatic rings. The standard InChI is InChI=1S/C11H11BrN2O/c12-10-9(15-14-11(10)13)7-6-8-4-2-1-3-5-8/h1-5H,6-7H2,(H2,13,14). The summed E-state index contributed by atoms with van der Waals surface area (Å²) in [6.45, 7) is 0. The molecule has 0 amide bonds. The van der Waals surface area contributed by atoms with Crippen molar-refractivity contribution in [3.63, 3.8) is 0 Å². The van der Waals surface area contributed by atoms with Crippen LogP contribution in [0.1, 0.15) is 11.3 Å². The first-order valence-electron chi connectivity index (χ1n) is 4.71. The molecule has 0 atom stereocenters. The van der Waals surface area contributed by atoms with E-state index in [9.17, 15) is 0 Å². The molecular formula is C11H11BrN2O. The minimum Gasteiger partial charge on any atom is -0.380 e. The van der Waals surface area contributed by atoms with Crippen molar-refractivity contribution in [2.75, 3.05) is 5.73 Å². The number of rotatable bonds is 3. The first-order valence-corrected chi connectivity index (χ1v) is 5.50. The molecule has 3 nitrogen and oxygen atoms in total. The van der Waals surface area contributed by atoms with E-state index in [4.69, 9.17) is 10.3 Å². The Kier molecular flexibility index (Phi) is 3.06. The minimum atomic E-state index is 0.415. The maximum Gasteiger partial charge on any atom is 0.181 e. The van der Waals surface area contributed by atoms with Crippen LogP contribution in [0.25, 0.3) is 0 Å². The van der Waals surface area contributed by atoms with Gasteiger partial charge in [-0.3, -0.25) is 0 Å². The van der Waals surface area contributed by atoms with Gasteiger partial charge in [-0.15, -0.1) is 0 Å². The molecule has 0 spiro atoms. The molecule has 0 unspecified atom stereocenters. The number of hydrogen-bond donors (Lipinski definition) is 1. The van der Waals surface area contributed by atoms with Crippen molar-refractivity contribution in [3.05, 3.63) is 46.1 Å². The summed E-state index contributed by atoms with van der Waals surface area (Å²) in [4.78, 5) is 0. The highest BCUT2D eigenvalue weighted by molar-refractivity contribution is 9.10. The Bertz CT molecular complexity index is 439. The van der Waals surface area contributed by atoms with Gasteiger partial charge in [0.1, 0.15) is 4.47 Å². The van der Waals surface area contributed by atoms with Gasteiger partial charge in [0.25, 0.3) is 0 Å². The van der Waals surface area contributed by atoms with Gasteiger partial charge in [-0.1, -0.05) is 35.5 Å². The first-order chi connectivity index (χ1) is 7.27. The molecule has 78 valence electrons. The van der Waals surface area contributed by atoms with Crippen LogP contribution in [0.5, 0.6) is 0 Å². The largest absolute Gasteiger partial charge is 0.380 e. The van der Waals surface area contributed by atoms with E-state index in [0.717, 1.165) is 23.1 Å². The SMILES string of the molecule is Nc1noc(CCc2ccccc2)c1Br. The minimum absolute atomic E-state index is 0.415. The predicted molar refractivity (Wildman–Crippen MR) is 62.5 cm³/mol. The molecule has 2 N–H and O–H groups in total. The number of nitrogens with two attached hydrogens (primary N) is 1. The molecule has 2 aromatic rings. The third kappa shape index (κ3) is 2.39. The lowest BCUT2D eigenvalue weighted by Crippen LogP contribution is -1.90. The van der Waals surface area contributed by atoms with Crippen LogP contribution in [0.2, 0.25) is 0 Å². The van der Waals surface area contributed by atoms with Crippen LogP contribution in [0.4, 0.5) is 5.82 Å². The topological polar surface area (TPSA) is 52.0 Å². The molecule has 0 saturated heterocycles. The smallest absolute Gasteiger partial charge is 0.181 e. The van der Waals surface area contributed by atoms with Crippen molar-refractivity contribution in [1.29, 1.82) is 0 Å². The summed E-state index contributed by atoms with van der Waals surface area (Å²) >= 11 is 3.34. The van der Waals surface area contributed by atoms with Crippen LogP contribution in [0.15, 0.2) is 39.3 Å². The van der Waals surface area contributed by atoms with Crippen molar-refractivity contribution in [2.24, 2.45) is 0 Å². The third-order valence-corrected chi connectivity index (χ3v) is 3.06. The van der Waals surface area contributed by atoms with E-state index < -0.39 is 0 Å². The summed E-state index contributed by atoms with van der Waals surface area (Å²) in [5, 5.41) is 3.68. The molecule has 0 saturated carbocycles. The normalized spacial score (nSPS) is 10.5. The predicted octanol–water partition coefficient (Wildman–Crippen LogP) is 2.80. The van der Waals surface area contributed by atoms with Crippen molar-refractivity contribution < 1.29 is 4.52 Å². The maximum atomic E-state index is 5.56. The first kappa shape index (κ1) is 10.2. The molecule has 0 aliphatic carbocycles. The van der Waals surface area contributed by atoms with Gasteiger partial charge in [0.2, 0.25) is 0 Å². The molecule has 1 aromatic carbocycles. The van der Waals surface area contributed by atoms with Crippen molar-refractivity contribution in [2.45, 2.75) is 12.8 Å². The lowest BCUT2D eigenvalue weighted by molar-refractivity contribution is 0.385. The van der Waals surface area contributed by atoms with Crippen LogP contribution in [-0.2, 0) is 12.8 Å². The maximum absolute atomic E-state index is 5.56. The van der Waals surface area contributed by atoms with Crippen LogP contribution < -0.4 is 5.73 Å². The molecular weight excluding hydrogens is 256 g/mol. The van der Waals surface area contributed by atoms with Gasteiger partial charge < -0.3 is 10.3 Å². The summed E-state index contributed by atoms with van der Waals surface area (Å²) in [6.07, 6.45) is 1.73. The lowest BCUT2D eigenvalue weighted by Gasteiger charge is -1.98. The van der Waals surface area contributed by atoms with Crippen molar-refractivity contribution >= 4 is 21.7 Å². The molecule has 0 fully saturated rings. The lowest BCUT2D eigenvalue weighted by atomic mass is 10.1.